The van der Waals surface area contributed by atoms with Crippen LogP contribution in [0.1, 0.15) is 88.1 Å². The van der Waals surface area contributed by atoms with Crippen LogP contribution in [0.25, 0.3) is 0 Å². The Bertz CT molecular complexity index is 3560. The molecule has 3 atom stereocenters. The number of pyridine rings is 3. The van der Waals surface area contributed by atoms with Crippen LogP contribution in [-0.4, -0.2) is 104 Å². The van der Waals surface area contributed by atoms with Crippen LogP contribution in [0.2, 0.25) is 0 Å². The van der Waals surface area contributed by atoms with E-state index in [1.807, 2.05) is 92.4 Å². The van der Waals surface area contributed by atoms with Crippen molar-refractivity contribution in [2.24, 2.45) is 0 Å². The highest BCUT2D eigenvalue weighted by Gasteiger charge is 2.19. The Morgan fingerprint density at radius 3 is 0.951 bits per heavy atom. The SMILES string of the molecule is Cc1ccn(C(C)c2nnc(Nc3ccn(Cc4ncccc4F)n3)s2)n1.Cc1ccn([C@@H](C)c2nnc(Nc3ccn(Cc4ncccc4F)n3)s2)n1.Cc1ccn([C@H](C)c2nnc(Nc3ccn(Cc4ncccc4F)n3)s2)n1. The number of anilines is 6. The van der Waals surface area contributed by atoms with Gasteiger partial charge in [-0.2, -0.15) is 30.6 Å². The fraction of sp³-hybridized carbons (Fsp3) is 0.235. The fourth-order valence-electron chi connectivity index (χ4n) is 7.59. The molecule has 0 aromatic carbocycles. The molecule has 0 saturated heterocycles. The van der Waals surface area contributed by atoms with E-state index < -0.39 is 0 Å². The zero-order valence-corrected chi connectivity index (χ0v) is 46.7. The van der Waals surface area contributed by atoms with E-state index in [-0.39, 0.29) is 55.2 Å². The minimum absolute atomic E-state index is 0.00330. The van der Waals surface area contributed by atoms with E-state index >= 15 is 0 Å². The first kappa shape index (κ1) is 54.9. The van der Waals surface area contributed by atoms with Gasteiger partial charge in [-0.1, -0.05) is 34.0 Å². The maximum absolute atomic E-state index is 13.7. The van der Waals surface area contributed by atoms with Crippen molar-refractivity contribution < 1.29 is 13.2 Å². The molecule has 0 aliphatic heterocycles. The van der Waals surface area contributed by atoms with Gasteiger partial charge in [0.15, 0.2) is 17.5 Å². The molecule has 0 aliphatic carbocycles. The molecule has 12 aromatic rings. The smallest absolute Gasteiger partial charge is 0.211 e. The summed E-state index contributed by atoms with van der Waals surface area (Å²) in [6.45, 7) is 12.7. The third-order valence-corrected chi connectivity index (χ3v) is 14.9. The minimum atomic E-state index is -0.348. The Balaban J connectivity index is 0.000000136. The second kappa shape index (κ2) is 25.1. The van der Waals surface area contributed by atoms with Gasteiger partial charge in [-0.25, -0.2) is 13.2 Å². The molecular weight excluding hydrogens is 1100 g/mol. The van der Waals surface area contributed by atoms with Crippen molar-refractivity contribution >= 4 is 66.9 Å². The van der Waals surface area contributed by atoms with E-state index in [0.29, 0.717) is 49.9 Å². The van der Waals surface area contributed by atoms with Crippen LogP contribution < -0.4 is 16.0 Å². The summed E-state index contributed by atoms with van der Waals surface area (Å²) in [5.41, 5.74) is 3.90. The summed E-state index contributed by atoms with van der Waals surface area (Å²) in [6.07, 6.45) is 15.7. The largest absolute Gasteiger partial charge is 0.313 e. The third kappa shape index (κ3) is 14.3. The van der Waals surface area contributed by atoms with Gasteiger partial charge in [0.25, 0.3) is 0 Å². The van der Waals surface area contributed by atoms with Gasteiger partial charge in [0, 0.05) is 74.0 Å². The number of nitrogens with zero attached hydrogens (tertiary/aromatic N) is 21. The highest BCUT2D eigenvalue weighted by atomic mass is 32.1. The zero-order chi connectivity index (χ0) is 56.4. The molecule has 12 heterocycles. The molecule has 0 amide bonds. The summed E-state index contributed by atoms with van der Waals surface area (Å²) in [5.74, 6) is 0.780. The number of rotatable bonds is 18. The maximum atomic E-state index is 13.7. The predicted molar refractivity (Wildman–Crippen MR) is 298 cm³/mol. The van der Waals surface area contributed by atoms with Gasteiger partial charge in [-0.05, 0) is 96.1 Å². The third-order valence-electron chi connectivity index (χ3n) is 11.9. The van der Waals surface area contributed by atoms with E-state index in [1.54, 1.807) is 87.6 Å². The molecule has 0 spiro atoms. The highest BCUT2D eigenvalue weighted by molar-refractivity contribution is 7.16. The fourth-order valence-corrected chi connectivity index (χ4v) is 9.98. The summed E-state index contributed by atoms with van der Waals surface area (Å²) >= 11 is 4.32. The van der Waals surface area contributed by atoms with Gasteiger partial charge >= 0.3 is 0 Å². The first-order chi connectivity index (χ1) is 39.2. The average Bonchev–Trinajstić information content (AvgIpc) is 4.39. The van der Waals surface area contributed by atoms with E-state index in [1.165, 1.54) is 52.2 Å². The number of halogens is 3. The monoisotopic (exact) mass is 1150 g/mol. The topological polar surface area (TPSA) is 259 Å². The minimum Gasteiger partial charge on any atom is -0.313 e. The number of aryl methyl sites for hydroxylation is 3. The Kier molecular flexibility index (Phi) is 17.0. The first-order valence-electron chi connectivity index (χ1n) is 25.0. The maximum Gasteiger partial charge on any atom is 0.211 e. The second-order valence-corrected chi connectivity index (χ2v) is 21.1. The quantitative estimate of drug-likeness (QED) is 0.0722. The van der Waals surface area contributed by atoms with Crippen molar-refractivity contribution in [1.29, 1.82) is 0 Å². The van der Waals surface area contributed by atoms with E-state index in [4.69, 9.17) is 0 Å². The van der Waals surface area contributed by atoms with Crippen molar-refractivity contribution in [2.75, 3.05) is 16.0 Å². The molecule has 12 rings (SSSR count). The molecule has 0 radical (unpaired) electrons. The van der Waals surface area contributed by atoms with Crippen LogP contribution in [0, 0.1) is 38.2 Å². The van der Waals surface area contributed by atoms with Crippen LogP contribution in [0.15, 0.2) is 129 Å². The average molecular weight is 1150 g/mol. The number of nitrogens with one attached hydrogen (secondary N) is 3. The molecule has 0 bridgehead atoms. The molecule has 1 unspecified atom stereocenters. The van der Waals surface area contributed by atoms with Gasteiger partial charge in [-0.3, -0.25) is 43.0 Å². The lowest BCUT2D eigenvalue weighted by Crippen LogP contribution is -2.07. The van der Waals surface area contributed by atoms with Crippen molar-refractivity contribution in [1.82, 2.24) is 104 Å². The molecule has 0 saturated carbocycles. The molecule has 12 aromatic heterocycles. The second-order valence-electron chi connectivity index (χ2n) is 18.0. The number of aromatic nitrogens is 21. The van der Waals surface area contributed by atoms with Gasteiger partial charge < -0.3 is 16.0 Å². The van der Waals surface area contributed by atoms with Crippen molar-refractivity contribution in [2.45, 2.75) is 79.3 Å². The molecular formula is C51H51F3N24S3. The standard InChI is InChI=1S/3C17H17FN8S/c3*1-11-5-9-26(23-11)12(2)16-21-22-17(27-16)20-15-6-8-25(24-15)10-14-13(18)4-3-7-19-14/h3*3-9,12H,10H2,1-2H3,(H,20,22,24)/t2*12-;/m10./s1. The van der Waals surface area contributed by atoms with Crippen molar-refractivity contribution in [3.05, 3.63) is 195 Å². The zero-order valence-electron chi connectivity index (χ0n) is 44.2. The predicted octanol–water partition coefficient (Wildman–Crippen LogP) is 9.52. The summed E-state index contributed by atoms with van der Waals surface area (Å²) in [7, 11) is 0. The Morgan fingerprint density at radius 1 is 0.395 bits per heavy atom. The van der Waals surface area contributed by atoms with E-state index in [2.05, 4.69) is 92.1 Å². The summed E-state index contributed by atoms with van der Waals surface area (Å²) in [4.78, 5) is 12.1. The molecule has 0 fully saturated rings. The summed E-state index contributed by atoms with van der Waals surface area (Å²) in [6, 6.07) is 20.1. The molecule has 3 N–H and O–H groups in total. The molecule has 0 aliphatic rings. The van der Waals surface area contributed by atoms with Crippen LogP contribution in [0.3, 0.4) is 0 Å². The Morgan fingerprint density at radius 2 is 0.691 bits per heavy atom. The normalized spacial score (nSPS) is 12.3. The molecule has 414 valence electrons. The first-order valence-corrected chi connectivity index (χ1v) is 27.4. The summed E-state index contributed by atoms with van der Waals surface area (Å²) in [5, 5.41) is 65.4. The Labute approximate surface area is 472 Å². The van der Waals surface area contributed by atoms with Crippen molar-refractivity contribution in [3.8, 4) is 0 Å². The lowest BCUT2D eigenvalue weighted by atomic mass is 10.3. The van der Waals surface area contributed by atoms with Crippen LogP contribution in [0.4, 0.5) is 46.0 Å². The molecule has 30 heteroatoms. The van der Waals surface area contributed by atoms with E-state index in [9.17, 15) is 13.2 Å². The Hall–Kier alpha value is -9.42. The van der Waals surface area contributed by atoms with Crippen LogP contribution >= 0.6 is 34.0 Å². The van der Waals surface area contributed by atoms with Crippen LogP contribution in [0.5, 0.6) is 0 Å². The van der Waals surface area contributed by atoms with Gasteiger partial charge in [0.05, 0.1) is 53.8 Å². The van der Waals surface area contributed by atoms with Crippen LogP contribution in [-0.2, 0) is 19.6 Å². The number of hydrogen-bond acceptors (Lipinski definition) is 21. The van der Waals surface area contributed by atoms with Crippen molar-refractivity contribution in [3.63, 3.8) is 0 Å². The van der Waals surface area contributed by atoms with Gasteiger partial charge in [-0.15, -0.1) is 30.6 Å². The van der Waals surface area contributed by atoms with Gasteiger partial charge in [0.2, 0.25) is 15.4 Å². The lowest BCUT2D eigenvalue weighted by Gasteiger charge is -2.07. The molecule has 81 heavy (non-hydrogen) atoms. The van der Waals surface area contributed by atoms with Gasteiger partial charge in [0.1, 0.15) is 50.6 Å². The molecule has 24 nitrogen and oxygen atoms in total. The van der Waals surface area contributed by atoms with E-state index in [0.717, 1.165) is 32.1 Å². The number of hydrogen-bond donors (Lipinski definition) is 3. The lowest BCUT2D eigenvalue weighted by molar-refractivity contribution is 0.554. The highest BCUT2D eigenvalue weighted by Crippen LogP contribution is 2.29. The summed E-state index contributed by atoms with van der Waals surface area (Å²) < 4.78 is 51.5.